The predicted molar refractivity (Wildman–Crippen MR) is 69.3 cm³/mol. The summed E-state index contributed by atoms with van der Waals surface area (Å²) in [4.78, 5) is 29.7. The van der Waals surface area contributed by atoms with E-state index < -0.39 is 0 Å². The Morgan fingerprint density at radius 1 is 0.947 bits per heavy atom. The Balaban J connectivity index is 1.92. The van der Waals surface area contributed by atoms with Crippen LogP contribution in [-0.2, 0) is 6.54 Å². The van der Waals surface area contributed by atoms with Crippen molar-refractivity contribution in [1.82, 2.24) is 9.88 Å². The first kappa shape index (κ1) is 11.6. The highest BCUT2D eigenvalue weighted by molar-refractivity contribution is 6.21. The molecule has 2 amide bonds. The van der Waals surface area contributed by atoms with Crippen molar-refractivity contribution >= 4 is 11.8 Å². The van der Waals surface area contributed by atoms with Gasteiger partial charge in [0.05, 0.1) is 23.4 Å². The minimum atomic E-state index is -0.267. The van der Waals surface area contributed by atoms with Gasteiger partial charge in [-0.2, -0.15) is 0 Å². The van der Waals surface area contributed by atoms with Crippen molar-refractivity contribution in [3.63, 3.8) is 0 Å². The summed E-state index contributed by atoms with van der Waals surface area (Å²) in [7, 11) is 0. The molecule has 0 aliphatic carbocycles. The fourth-order valence-corrected chi connectivity index (χ4v) is 2.16. The molecule has 4 nitrogen and oxygen atoms in total. The predicted octanol–water partition coefficient (Wildman–Crippen LogP) is 2.06. The summed E-state index contributed by atoms with van der Waals surface area (Å²) in [6.45, 7) is 3.91. The van der Waals surface area contributed by atoms with Crippen molar-refractivity contribution in [3.05, 3.63) is 71.9 Å². The Labute approximate surface area is 110 Å². The maximum atomic E-state index is 12.2. The van der Waals surface area contributed by atoms with E-state index in [0.717, 1.165) is 0 Å². The van der Waals surface area contributed by atoms with E-state index in [2.05, 4.69) is 11.9 Å². The smallest absolute Gasteiger partial charge is 0.261 e. The van der Waals surface area contributed by atoms with E-state index in [4.69, 9.17) is 0 Å². The molecule has 93 valence electrons. The quantitative estimate of drug-likeness (QED) is 0.768. The standard InChI is InChI=1S/C15H11N2O2/c1-10-5-4-6-11(16-10)9-17-14(18)12-7-2-3-8-13(12)15(17)19/h2-8H,1,9H2. The number of benzene rings is 1. The van der Waals surface area contributed by atoms with E-state index in [1.54, 1.807) is 36.4 Å². The summed E-state index contributed by atoms with van der Waals surface area (Å²) >= 11 is 0. The molecule has 1 aliphatic rings. The van der Waals surface area contributed by atoms with E-state index in [1.807, 2.05) is 6.07 Å². The second kappa shape index (κ2) is 4.31. The van der Waals surface area contributed by atoms with Crippen LogP contribution >= 0.6 is 0 Å². The van der Waals surface area contributed by atoms with Crippen LogP contribution in [0.5, 0.6) is 0 Å². The summed E-state index contributed by atoms with van der Waals surface area (Å²) in [6, 6.07) is 12.2. The average molecular weight is 251 g/mol. The normalized spacial score (nSPS) is 13.8. The second-order valence-corrected chi connectivity index (χ2v) is 4.36. The van der Waals surface area contributed by atoms with Crippen molar-refractivity contribution in [2.75, 3.05) is 0 Å². The van der Waals surface area contributed by atoms with Crippen molar-refractivity contribution in [1.29, 1.82) is 0 Å². The third kappa shape index (κ3) is 1.91. The molecule has 1 aromatic heterocycles. The number of carbonyl (C=O) groups is 2. The Kier molecular flexibility index (Phi) is 2.63. The van der Waals surface area contributed by atoms with E-state index in [-0.39, 0.29) is 18.4 Å². The Bertz CT molecular complexity index is 644. The maximum Gasteiger partial charge on any atom is 0.261 e. The number of amides is 2. The molecule has 0 spiro atoms. The van der Waals surface area contributed by atoms with Crippen LogP contribution in [0.4, 0.5) is 0 Å². The van der Waals surface area contributed by atoms with Gasteiger partial charge in [0.25, 0.3) is 11.8 Å². The van der Waals surface area contributed by atoms with Gasteiger partial charge in [-0.1, -0.05) is 18.2 Å². The number of fused-ring (bicyclic) bond motifs is 1. The number of pyridine rings is 1. The molecule has 2 heterocycles. The van der Waals surface area contributed by atoms with E-state index in [1.165, 1.54) is 4.90 Å². The largest absolute Gasteiger partial charge is 0.269 e. The topological polar surface area (TPSA) is 50.3 Å². The van der Waals surface area contributed by atoms with Crippen LogP contribution in [0.1, 0.15) is 32.1 Å². The van der Waals surface area contributed by atoms with Crippen molar-refractivity contribution in [3.8, 4) is 0 Å². The molecule has 4 heteroatoms. The third-order valence-electron chi connectivity index (χ3n) is 3.06. The molecule has 1 aromatic carbocycles. The van der Waals surface area contributed by atoms with Crippen molar-refractivity contribution in [2.24, 2.45) is 0 Å². The van der Waals surface area contributed by atoms with Gasteiger partial charge in [0.15, 0.2) is 0 Å². The molecular weight excluding hydrogens is 240 g/mol. The van der Waals surface area contributed by atoms with Gasteiger partial charge in [-0.05, 0) is 31.2 Å². The Morgan fingerprint density at radius 3 is 2.16 bits per heavy atom. The van der Waals surface area contributed by atoms with Crippen LogP contribution in [0.3, 0.4) is 0 Å². The monoisotopic (exact) mass is 251 g/mol. The zero-order chi connectivity index (χ0) is 13.4. The fraction of sp³-hybridized carbons (Fsp3) is 0.0667. The highest BCUT2D eigenvalue weighted by Gasteiger charge is 2.35. The molecule has 0 atom stereocenters. The number of aromatic nitrogens is 1. The van der Waals surface area contributed by atoms with Gasteiger partial charge in [-0.25, -0.2) is 0 Å². The molecule has 0 bridgehead atoms. The first-order valence-corrected chi connectivity index (χ1v) is 5.90. The average Bonchev–Trinajstić information content (AvgIpc) is 2.65. The molecule has 19 heavy (non-hydrogen) atoms. The van der Waals surface area contributed by atoms with Crippen LogP contribution < -0.4 is 0 Å². The summed E-state index contributed by atoms with van der Waals surface area (Å²) < 4.78 is 0. The number of carbonyl (C=O) groups excluding carboxylic acids is 2. The van der Waals surface area contributed by atoms with E-state index in [9.17, 15) is 9.59 Å². The number of nitrogens with zero attached hydrogens (tertiary/aromatic N) is 2. The van der Waals surface area contributed by atoms with Gasteiger partial charge in [-0.3, -0.25) is 19.5 Å². The second-order valence-electron chi connectivity index (χ2n) is 4.36. The Hall–Kier alpha value is -2.49. The van der Waals surface area contributed by atoms with Gasteiger partial charge in [0.1, 0.15) is 0 Å². The zero-order valence-corrected chi connectivity index (χ0v) is 10.2. The van der Waals surface area contributed by atoms with E-state index in [0.29, 0.717) is 22.5 Å². The number of rotatable bonds is 2. The minimum absolute atomic E-state index is 0.176. The summed E-state index contributed by atoms with van der Waals surface area (Å²) in [5.41, 5.74) is 2.19. The van der Waals surface area contributed by atoms with Gasteiger partial charge in [0.2, 0.25) is 0 Å². The van der Waals surface area contributed by atoms with Crippen LogP contribution in [0.2, 0.25) is 0 Å². The first-order chi connectivity index (χ1) is 9.16. The number of hydrogen-bond donors (Lipinski definition) is 0. The highest BCUT2D eigenvalue weighted by Crippen LogP contribution is 2.23. The minimum Gasteiger partial charge on any atom is -0.269 e. The SMILES string of the molecule is [CH2]c1cccc(CN2C(=O)c3ccccc3C2=O)n1. The maximum absolute atomic E-state index is 12.2. The van der Waals surface area contributed by atoms with Crippen LogP contribution in [0, 0.1) is 6.92 Å². The van der Waals surface area contributed by atoms with Crippen LogP contribution in [0.25, 0.3) is 0 Å². The molecule has 0 saturated carbocycles. The first-order valence-electron chi connectivity index (χ1n) is 5.90. The molecule has 2 aromatic rings. The lowest BCUT2D eigenvalue weighted by atomic mass is 10.1. The fourth-order valence-electron chi connectivity index (χ4n) is 2.16. The number of hydrogen-bond acceptors (Lipinski definition) is 3. The van der Waals surface area contributed by atoms with Crippen LogP contribution in [-0.4, -0.2) is 21.7 Å². The van der Waals surface area contributed by atoms with Crippen LogP contribution in [0.15, 0.2) is 42.5 Å². The number of imide groups is 1. The van der Waals surface area contributed by atoms with Crippen molar-refractivity contribution in [2.45, 2.75) is 6.54 Å². The summed E-state index contributed by atoms with van der Waals surface area (Å²) in [6.07, 6.45) is 0. The molecule has 0 fully saturated rings. The molecule has 0 unspecified atom stereocenters. The molecular formula is C15H11N2O2. The lowest BCUT2D eigenvalue weighted by Gasteiger charge is -2.13. The highest BCUT2D eigenvalue weighted by atomic mass is 16.2. The molecule has 0 saturated heterocycles. The molecule has 1 radical (unpaired) electrons. The molecule has 0 N–H and O–H groups in total. The molecule has 1 aliphatic heterocycles. The van der Waals surface area contributed by atoms with Gasteiger partial charge in [0, 0.05) is 5.69 Å². The lowest BCUT2D eigenvalue weighted by molar-refractivity contribution is 0.0640. The van der Waals surface area contributed by atoms with Gasteiger partial charge >= 0.3 is 0 Å². The summed E-state index contributed by atoms with van der Waals surface area (Å²) in [5, 5.41) is 0. The van der Waals surface area contributed by atoms with E-state index >= 15 is 0 Å². The van der Waals surface area contributed by atoms with Gasteiger partial charge < -0.3 is 0 Å². The van der Waals surface area contributed by atoms with Crippen molar-refractivity contribution < 1.29 is 9.59 Å². The van der Waals surface area contributed by atoms with Gasteiger partial charge in [-0.15, -0.1) is 0 Å². The lowest BCUT2D eigenvalue weighted by Crippen LogP contribution is -2.29. The third-order valence-corrected chi connectivity index (χ3v) is 3.06. The molecule has 3 rings (SSSR count). The zero-order valence-electron chi connectivity index (χ0n) is 10.2. The Morgan fingerprint density at radius 2 is 1.58 bits per heavy atom. The summed E-state index contributed by atoms with van der Waals surface area (Å²) in [5.74, 6) is -0.534.